The van der Waals surface area contributed by atoms with E-state index in [4.69, 9.17) is 5.84 Å². The minimum absolute atomic E-state index is 0.164. The quantitative estimate of drug-likeness (QED) is 0.501. The van der Waals surface area contributed by atoms with Crippen LogP contribution in [0.2, 0.25) is 0 Å². The Balaban J connectivity index is 2.22. The first kappa shape index (κ1) is 14.9. The van der Waals surface area contributed by atoms with Gasteiger partial charge in [0.2, 0.25) is 0 Å². The van der Waals surface area contributed by atoms with Gasteiger partial charge < -0.3 is 10.3 Å². The van der Waals surface area contributed by atoms with Crippen LogP contribution in [0.4, 0.5) is 11.4 Å². The monoisotopic (exact) mass is 306 g/mol. The van der Waals surface area contributed by atoms with Crippen molar-refractivity contribution in [2.24, 2.45) is 5.84 Å². The topological polar surface area (TPSA) is 102 Å². The first-order chi connectivity index (χ1) is 10.0. The van der Waals surface area contributed by atoms with E-state index in [1.807, 2.05) is 16.8 Å². The van der Waals surface area contributed by atoms with Crippen LogP contribution in [0.25, 0.3) is 0 Å². The molecule has 0 saturated carbocycles. The molecule has 110 valence electrons. The number of benzene rings is 1. The second-order valence-electron chi connectivity index (χ2n) is 4.43. The molecule has 7 nitrogen and oxygen atoms in total. The number of carbonyl (C=O) groups is 1. The van der Waals surface area contributed by atoms with Crippen molar-refractivity contribution in [1.82, 2.24) is 4.90 Å². The molecule has 21 heavy (non-hydrogen) atoms. The van der Waals surface area contributed by atoms with E-state index in [0.29, 0.717) is 6.54 Å². The number of nitrogens with one attached hydrogen (secondary N) is 1. The van der Waals surface area contributed by atoms with Crippen molar-refractivity contribution in [3.8, 4) is 0 Å². The van der Waals surface area contributed by atoms with E-state index >= 15 is 0 Å². The number of amides is 1. The summed E-state index contributed by atoms with van der Waals surface area (Å²) in [5.41, 5.74) is 3.45. The van der Waals surface area contributed by atoms with Gasteiger partial charge in [0.15, 0.2) is 0 Å². The van der Waals surface area contributed by atoms with Crippen LogP contribution < -0.4 is 11.3 Å². The van der Waals surface area contributed by atoms with Crippen LogP contribution in [0.3, 0.4) is 0 Å². The van der Waals surface area contributed by atoms with Crippen LogP contribution in [-0.2, 0) is 6.54 Å². The van der Waals surface area contributed by atoms with Crippen molar-refractivity contribution in [2.45, 2.75) is 6.54 Å². The van der Waals surface area contributed by atoms with Crippen LogP contribution >= 0.6 is 11.3 Å². The molecule has 1 aromatic heterocycles. The van der Waals surface area contributed by atoms with Gasteiger partial charge in [0, 0.05) is 25.2 Å². The lowest BCUT2D eigenvalue weighted by atomic mass is 10.1. The Hall–Kier alpha value is -2.45. The lowest BCUT2D eigenvalue weighted by Crippen LogP contribution is -2.26. The van der Waals surface area contributed by atoms with E-state index in [1.54, 1.807) is 18.4 Å². The van der Waals surface area contributed by atoms with Gasteiger partial charge in [-0.05, 0) is 34.5 Å². The Morgan fingerprint density at radius 3 is 2.81 bits per heavy atom. The van der Waals surface area contributed by atoms with Crippen LogP contribution in [0.1, 0.15) is 15.9 Å². The molecule has 0 bridgehead atoms. The molecule has 0 aliphatic heterocycles. The number of hydrazine groups is 1. The van der Waals surface area contributed by atoms with E-state index in [2.05, 4.69) is 5.43 Å². The van der Waals surface area contributed by atoms with Crippen LogP contribution in [-0.4, -0.2) is 22.8 Å². The number of anilines is 1. The maximum Gasteiger partial charge on any atom is 0.294 e. The lowest BCUT2D eigenvalue weighted by molar-refractivity contribution is -0.384. The minimum atomic E-state index is -0.579. The average Bonchev–Trinajstić information content (AvgIpc) is 2.98. The van der Waals surface area contributed by atoms with Gasteiger partial charge in [0.25, 0.3) is 11.6 Å². The highest BCUT2D eigenvalue weighted by molar-refractivity contribution is 7.07. The Bertz CT molecular complexity index is 657. The maximum absolute atomic E-state index is 12.3. The molecule has 0 fully saturated rings. The zero-order chi connectivity index (χ0) is 15.4. The third-order valence-corrected chi connectivity index (χ3v) is 3.68. The number of carbonyl (C=O) groups excluding carboxylic acids is 1. The minimum Gasteiger partial charge on any atom is -0.337 e. The first-order valence-corrected chi connectivity index (χ1v) is 6.99. The SMILES string of the molecule is CN(Cc1ccsc1)C(=O)c1ccc(NN)c([N+](=O)[O-])c1. The van der Waals surface area contributed by atoms with Gasteiger partial charge in [0.05, 0.1) is 4.92 Å². The van der Waals surface area contributed by atoms with Gasteiger partial charge in [-0.25, -0.2) is 0 Å². The predicted octanol–water partition coefficient (Wildman–Crippen LogP) is 2.21. The van der Waals surface area contributed by atoms with Crippen LogP contribution in [0, 0.1) is 10.1 Å². The van der Waals surface area contributed by atoms with Crippen molar-refractivity contribution in [3.63, 3.8) is 0 Å². The summed E-state index contributed by atoms with van der Waals surface area (Å²) < 4.78 is 0. The summed E-state index contributed by atoms with van der Waals surface area (Å²) in [5.74, 6) is 4.93. The van der Waals surface area contributed by atoms with Crippen LogP contribution in [0.15, 0.2) is 35.0 Å². The lowest BCUT2D eigenvalue weighted by Gasteiger charge is -2.16. The predicted molar refractivity (Wildman–Crippen MR) is 81.0 cm³/mol. The van der Waals surface area contributed by atoms with E-state index in [9.17, 15) is 14.9 Å². The molecular formula is C13H14N4O3S. The second-order valence-corrected chi connectivity index (χ2v) is 5.21. The zero-order valence-electron chi connectivity index (χ0n) is 11.3. The van der Waals surface area contributed by atoms with Crippen molar-refractivity contribution < 1.29 is 9.72 Å². The number of rotatable bonds is 5. The standard InChI is InChI=1S/C13H14N4O3S/c1-16(7-9-4-5-21-8-9)13(18)10-2-3-11(15-14)12(6-10)17(19)20/h2-6,8,15H,7,14H2,1H3. The highest BCUT2D eigenvalue weighted by Crippen LogP contribution is 2.25. The van der Waals surface area contributed by atoms with E-state index in [1.165, 1.54) is 23.1 Å². The normalized spacial score (nSPS) is 10.2. The molecule has 0 saturated heterocycles. The van der Waals surface area contributed by atoms with Gasteiger partial charge >= 0.3 is 0 Å². The van der Waals surface area contributed by atoms with Crippen LogP contribution in [0.5, 0.6) is 0 Å². The van der Waals surface area contributed by atoms with Crippen molar-refractivity contribution >= 4 is 28.6 Å². The summed E-state index contributed by atoms with van der Waals surface area (Å²) in [6.45, 7) is 0.451. The molecule has 1 heterocycles. The molecule has 0 radical (unpaired) electrons. The number of nitro benzene ring substituents is 1. The molecule has 0 atom stereocenters. The number of nitrogens with two attached hydrogens (primary N) is 1. The molecule has 1 aromatic carbocycles. The molecule has 3 N–H and O–H groups in total. The number of hydrogen-bond donors (Lipinski definition) is 2. The Morgan fingerprint density at radius 1 is 1.48 bits per heavy atom. The summed E-state index contributed by atoms with van der Waals surface area (Å²) >= 11 is 1.55. The van der Waals surface area contributed by atoms with Gasteiger partial charge in [-0.3, -0.25) is 20.8 Å². The first-order valence-electron chi connectivity index (χ1n) is 6.04. The summed E-state index contributed by atoms with van der Waals surface area (Å²) in [6.07, 6.45) is 0. The fraction of sp³-hybridized carbons (Fsp3) is 0.154. The molecule has 0 spiro atoms. The van der Waals surface area contributed by atoms with Gasteiger partial charge in [-0.2, -0.15) is 11.3 Å². The highest BCUT2D eigenvalue weighted by atomic mass is 32.1. The second kappa shape index (κ2) is 6.33. The largest absolute Gasteiger partial charge is 0.337 e. The summed E-state index contributed by atoms with van der Waals surface area (Å²) in [6, 6.07) is 6.08. The number of nitrogens with zero attached hydrogens (tertiary/aromatic N) is 2. The Kier molecular flexibility index (Phi) is 4.51. The van der Waals surface area contributed by atoms with Crippen molar-refractivity contribution in [1.29, 1.82) is 0 Å². The molecule has 0 unspecified atom stereocenters. The Labute approximate surface area is 125 Å². The third kappa shape index (κ3) is 3.36. The van der Waals surface area contributed by atoms with Gasteiger partial charge in [-0.15, -0.1) is 0 Å². The summed E-state index contributed by atoms with van der Waals surface area (Å²) in [5, 5.41) is 14.9. The molecule has 0 aliphatic rings. The van der Waals surface area contributed by atoms with E-state index in [-0.39, 0.29) is 22.8 Å². The smallest absolute Gasteiger partial charge is 0.294 e. The molecular weight excluding hydrogens is 292 g/mol. The third-order valence-electron chi connectivity index (χ3n) is 2.94. The number of nitro groups is 1. The Morgan fingerprint density at radius 2 is 2.24 bits per heavy atom. The number of nitrogen functional groups attached to an aromatic ring is 1. The molecule has 0 aliphatic carbocycles. The van der Waals surface area contributed by atoms with E-state index in [0.717, 1.165) is 5.56 Å². The molecule has 2 aromatic rings. The van der Waals surface area contributed by atoms with Crippen molar-refractivity contribution in [3.05, 3.63) is 56.3 Å². The maximum atomic E-state index is 12.3. The molecule has 2 rings (SSSR count). The summed E-state index contributed by atoms with van der Waals surface area (Å²) in [4.78, 5) is 24.2. The number of thiophene rings is 1. The fourth-order valence-electron chi connectivity index (χ4n) is 1.89. The molecule has 1 amide bonds. The average molecular weight is 306 g/mol. The zero-order valence-corrected chi connectivity index (χ0v) is 12.1. The van der Waals surface area contributed by atoms with Gasteiger partial charge in [-0.1, -0.05) is 0 Å². The molecule has 8 heteroatoms. The van der Waals surface area contributed by atoms with Crippen molar-refractivity contribution in [2.75, 3.05) is 12.5 Å². The summed E-state index contributed by atoms with van der Waals surface area (Å²) in [7, 11) is 1.65. The highest BCUT2D eigenvalue weighted by Gasteiger charge is 2.19. The fourth-order valence-corrected chi connectivity index (χ4v) is 2.55. The number of hydrogen-bond acceptors (Lipinski definition) is 6. The van der Waals surface area contributed by atoms with Gasteiger partial charge in [0.1, 0.15) is 5.69 Å². The van der Waals surface area contributed by atoms with E-state index < -0.39 is 4.92 Å².